The van der Waals surface area contributed by atoms with Gasteiger partial charge in [-0.25, -0.2) is 4.79 Å². The molecule has 0 aliphatic carbocycles. The maximum absolute atomic E-state index is 12.2. The standard InChI is InChI=1S/C27H25N5O13S2/c28-16-2-1-14-9-24(47(41,42)43)25(26(35)19(14)10-16)32-31-21-13-22(44-5-3-33)20(12-23(21)45-6-4-34)30-29-17-7-15(27(36)37)8-18(11-17)46(38,39)40/h1-2,7-13,33-35H,3-6,28H2,(H,36,37)(H,38,39,40)(H,41,42,43). The number of aliphatic hydroxyl groups is 2. The van der Waals surface area contributed by atoms with Crippen molar-refractivity contribution in [3.05, 3.63) is 60.2 Å². The maximum Gasteiger partial charge on any atom is 0.335 e. The molecule has 47 heavy (non-hydrogen) atoms. The lowest BCUT2D eigenvalue weighted by molar-refractivity contribution is 0.0696. The summed E-state index contributed by atoms with van der Waals surface area (Å²) in [4.78, 5) is 9.93. The number of benzene rings is 4. The van der Waals surface area contributed by atoms with E-state index in [9.17, 15) is 51.2 Å². The molecule has 0 heterocycles. The Morgan fingerprint density at radius 2 is 1.36 bits per heavy atom. The molecule has 18 nitrogen and oxygen atoms in total. The van der Waals surface area contributed by atoms with Crippen LogP contribution in [0.1, 0.15) is 10.4 Å². The summed E-state index contributed by atoms with van der Waals surface area (Å²) in [7, 11) is -9.77. The summed E-state index contributed by atoms with van der Waals surface area (Å²) in [5.41, 5.74) is 4.18. The fourth-order valence-corrected chi connectivity index (χ4v) is 5.22. The Kier molecular flexibility index (Phi) is 10.3. The molecule has 0 spiro atoms. The Balaban J connectivity index is 1.88. The van der Waals surface area contributed by atoms with Gasteiger partial charge in [0.1, 0.15) is 46.7 Å². The third kappa shape index (κ3) is 8.32. The lowest BCUT2D eigenvalue weighted by Gasteiger charge is -2.13. The minimum atomic E-state index is -4.95. The summed E-state index contributed by atoms with van der Waals surface area (Å²) in [5.74, 6) is -2.52. The summed E-state index contributed by atoms with van der Waals surface area (Å²) in [6, 6.07) is 10.1. The second-order valence-electron chi connectivity index (χ2n) is 9.36. The van der Waals surface area contributed by atoms with Crippen molar-refractivity contribution in [1.29, 1.82) is 0 Å². The predicted octanol–water partition coefficient (Wildman–Crippen LogP) is 3.89. The molecular weight excluding hydrogens is 666 g/mol. The summed E-state index contributed by atoms with van der Waals surface area (Å²) in [6.07, 6.45) is 0. The summed E-state index contributed by atoms with van der Waals surface area (Å²) < 4.78 is 78.0. The van der Waals surface area contributed by atoms with E-state index in [4.69, 9.17) is 15.2 Å². The number of carbonyl (C=O) groups is 1. The first-order valence-corrected chi connectivity index (χ1v) is 15.9. The molecule has 4 aromatic carbocycles. The summed E-state index contributed by atoms with van der Waals surface area (Å²) >= 11 is 0. The molecule has 0 atom stereocenters. The number of azo groups is 2. The van der Waals surface area contributed by atoms with Crippen molar-refractivity contribution in [2.45, 2.75) is 9.79 Å². The number of phenols is 1. The highest BCUT2D eigenvalue weighted by atomic mass is 32.2. The van der Waals surface area contributed by atoms with Crippen molar-refractivity contribution >= 4 is 65.4 Å². The maximum atomic E-state index is 12.2. The molecule has 0 radical (unpaired) electrons. The van der Waals surface area contributed by atoms with Crippen molar-refractivity contribution < 1.29 is 60.6 Å². The zero-order chi connectivity index (χ0) is 34.5. The van der Waals surface area contributed by atoms with Crippen molar-refractivity contribution in [3.63, 3.8) is 0 Å². The van der Waals surface area contributed by atoms with Gasteiger partial charge in [0.25, 0.3) is 20.2 Å². The molecule has 0 aromatic heterocycles. The van der Waals surface area contributed by atoms with Crippen LogP contribution in [0.5, 0.6) is 17.2 Å². The minimum Gasteiger partial charge on any atom is -0.505 e. The number of nitrogens with zero attached hydrogens (tertiary/aromatic N) is 4. The number of fused-ring (bicyclic) bond motifs is 1. The van der Waals surface area contributed by atoms with Crippen LogP contribution < -0.4 is 15.2 Å². The number of aliphatic hydroxyl groups excluding tert-OH is 2. The van der Waals surface area contributed by atoms with Crippen molar-refractivity contribution in [1.82, 2.24) is 0 Å². The third-order valence-corrected chi connectivity index (χ3v) is 7.76. The second-order valence-corrected chi connectivity index (χ2v) is 12.2. The lowest BCUT2D eigenvalue weighted by Crippen LogP contribution is -2.04. The number of aromatic hydroxyl groups is 1. The second kappa shape index (κ2) is 14.0. The molecule has 0 fully saturated rings. The van der Waals surface area contributed by atoms with Gasteiger partial charge in [-0.15, -0.1) is 15.3 Å². The molecule has 4 aromatic rings. The highest BCUT2D eigenvalue weighted by molar-refractivity contribution is 7.86. The van der Waals surface area contributed by atoms with Crippen LogP contribution in [0.15, 0.2) is 84.8 Å². The topological polar surface area (TPSA) is 301 Å². The molecule has 0 aliphatic rings. The van der Waals surface area contributed by atoms with Gasteiger partial charge in [0.05, 0.1) is 29.4 Å². The predicted molar refractivity (Wildman–Crippen MR) is 163 cm³/mol. The molecular formula is C27H25N5O13S2. The smallest absolute Gasteiger partial charge is 0.335 e. The van der Waals surface area contributed by atoms with Crippen LogP contribution in [0.3, 0.4) is 0 Å². The van der Waals surface area contributed by atoms with Gasteiger partial charge in [-0.1, -0.05) is 6.07 Å². The van der Waals surface area contributed by atoms with E-state index in [1.165, 1.54) is 18.2 Å². The number of carboxylic acids is 1. The van der Waals surface area contributed by atoms with E-state index >= 15 is 0 Å². The average molecular weight is 692 g/mol. The first-order chi connectivity index (χ1) is 22.1. The number of hydrogen-bond donors (Lipinski definition) is 7. The number of carboxylic acid groups (broad SMARTS) is 1. The number of hydrogen-bond acceptors (Lipinski definition) is 15. The van der Waals surface area contributed by atoms with Crippen LogP contribution in [0.4, 0.5) is 28.4 Å². The van der Waals surface area contributed by atoms with E-state index in [0.717, 1.165) is 30.3 Å². The van der Waals surface area contributed by atoms with Crippen molar-refractivity contribution in [2.24, 2.45) is 20.5 Å². The van der Waals surface area contributed by atoms with Crippen molar-refractivity contribution in [2.75, 3.05) is 32.2 Å². The first-order valence-electron chi connectivity index (χ1n) is 13.0. The van der Waals surface area contributed by atoms with Gasteiger partial charge in [-0.2, -0.15) is 21.9 Å². The molecule has 8 N–H and O–H groups in total. The largest absolute Gasteiger partial charge is 0.505 e. The number of aromatic carboxylic acids is 1. The number of anilines is 1. The van der Waals surface area contributed by atoms with Crippen LogP contribution in [-0.4, -0.2) is 78.8 Å². The number of nitrogen functional groups attached to an aromatic ring is 1. The zero-order valence-corrected chi connectivity index (χ0v) is 25.4. The number of rotatable bonds is 13. The van der Waals surface area contributed by atoms with Gasteiger partial charge >= 0.3 is 5.97 Å². The Bertz CT molecular complexity index is 2140. The first kappa shape index (κ1) is 34.6. The molecule has 0 amide bonds. The fraction of sp³-hybridized carbons (Fsp3) is 0.148. The van der Waals surface area contributed by atoms with Crippen LogP contribution in [0, 0.1) is 0 Å². The Morgan fingerprint density at radius 3 is 1.89 bits per heavy atom. The highest BCUT2D eigenvalue weighted by Gasteiger charge is 2.23. The normalized spacial score (nSPS) is 12.3. The van der Waals surface area contributed by atoms with E-state index in [1.807, 2.05) is 0 Å². The minimum absolute atomic E-state index is 0.0926. The lowest BCUT2D eigenvalue weighted by atomic mass is 10.1. The van der Waals surface area contributed by atoms with Crippen molar-refractivity contribution in [3.8, 4) is 17.2 Å². The van der Waals surface area contributed by atoms with Gasteiger partial charge in [-0.3, -0.25) is 9.11 Å². The van der Waals surface area contributed by atoms with Crippen LogP contribution in [-0.2, 0) is 20.2 Å². The molecule has 20 heteroatoms. The molecule has 0 saturated heterocycles. The molecule has 4 rings (SSSR count). The zero-order valence-electron chi connectivity index (χ0n) is 23.7. The SMILES string of the molecule is Nc1ccc2cc(S(=O)(=O)O)c(N=Nc3cc(OCCO)c(N=Nc4cc(C(=O)O)cc(S(=O)(=O)O)c4)cc3OCCO)c(O)c2c1. The highest BCUT2D eigenvalue weighted by Crippen LogP contribution is 2.45. The van der Waals surface area contributed by atoms with Gasteiger partial charge < -0.3 is 35.6 Å². The number of phenolic OH excluding ortho intramolecular Hbond substituents is 1. The molecule has 0 aliphatic heterocycles. The van der Waals surface area contributed by atoms with Crippen LogP contribution in [0.25, 0.3) is 10.8 Å². The van der Waals surface area contributed by atoms with Gasteiger partial charge in [-0.05, 0) is 41.8 Å². The third-order valence-electron chi connectivity index (χ3n) is 6.06. The fourth-order valence-electron chi connectivity index (χ4n) is 4.02. The summed E-state index contributed by atoms with van der Waals surface area (Å²) in [5, 5.41) is 54.8. The van der Waals surface area contributed by atoms with E-state index in [2.05, 4.69) is 20.5 Å². The molecule has 248 valence electrons. The number of nitrogens with two attached hydrogens (primary N) is 1. The van der Waals surface area contributed by atoms with Crippen LogP contribution >= 0.6 is 0 Å². The molecule has 0 saturated carbocycles. The van der Waals surface area contributed by atoms with Gasteiger partial charge in [0, 0.05) is 23.2 Å². The Labute approximate surface area is 265 Å². The average Bonchev–Trinajstić information content (AvgIpc) is 3.00. The van der Waals surface area contributed by atoms with Crippen LogP contribution in [0.2, 0.25) is 0 Å². The van der Waals surface area contributed by atoms with E-state index in [-0.39, 0.29) is 58.2 Å². The monoisotopic (exact) mass is 691 g/mol. The van der Waals surface area contributed by atoms with E-state index < -0.39 is 66.2 Å². The van der Waals surface area contributed by atoms with Gasteiger partial charge in [0.15, 0.2) is 5.75 Å². The summed E-state index contributed by atoms with van der Waals surface area (Å²) in [6.45, 7) is -1.54. The van der Waals surface area contributed by atoms with E-state index in [0.29, 0.717) is 6.07 Å². The molecule has 0 unspecified atom stereocenters. The Morgan fingerprint density at radius 1 is 0.766 bits per heavy atom. The number of ether oxygens (including phenoxy) is 2. The van der Waals surface area contributed by atoms with E-state index in [1.54, 1.807) is 0 Å². The van der Waals surface area contributed by atoms with Gasteiger partial charge in [0.2, 0.25) is 0 Å². The molecule has 0 bridgehead atoms. The quantitative estimate of drug-likeness (QED) is 0.0594. The Hall–Kier alpha value is -5.25.